The first-order valence-corrected chi connectivity index (χ1v) is 17.9. The number of hydrogen-bond acceptors (Lipinski definition) is 9. The summed E-state index contributed by atoms with van der Waals surface area (Å²) in [7, 11) is -7.67. The monoisotopic (exact) mass is 621 g/mol. The number of nitriles is 1. The Balaban J connectivity index is 1.87. The zero-order chi connectivity index (χ0) is 31.1. The molecule has 0 radical (unpaired) electrons. The van der Waals surface area contributed by atoms with Crippen LogP contribution >= 0.6 is 15.2 Å². The Morgan fingerprint density at radius 1 is 1.00 bits per heavy atom. The summed E-state index contributed by atoms with van der Waals surface area (Å²) in [6.07, 6.45) is 3.88. The molecule has 0 bridgehead atoms. The molecule has 10 nitrogen and oxygen atoms in total. The van der Waals surface area contributed by atoms with Gasteiger partial charge in [-0.25, -0.2) is 0 Å². The average molecular weight is 622 g/mol. The number of benzene rings is 1. The van der Waals surface area contributed by atoms with E-state index in [4.69, 9.17) is 18.1 Å². The van der Waals surface area contributed by atoms with Gasteiger partial charge in [0.05, 0.1) is 37.7 Å². The van der Waals surface area contributed by atoms with Crippen LogP contribution in [0.2, 0.25) is 0 Å². The molecule has 0 aliphatic heterocycles. The molecule has 1 N–H and O–H groups in total. The van der Waals surface area contributed by atoms with Crippen molar-refractivity contribution in [2.24, 2.45) is 5.41 Å². The number of carbonyl (C=O) groups excluding carboxylic acids is 1. The first-order chi connectivity index (χ1) is 19.9. The molecule has 3 rings (SSSR count). The van der Waals surface area contributed by atoms with Gasteiger partial charge in [0, 0.05) is 36.1 Å². The summed E-state index contributed by atoms with van der Waals surface area (Å²) in [4.78, 5) is 12.9. The molecule has 1 aliphatic carbocycles. The molecule has 232 valence electrons. The van der Waals surface area contributed by atoms with Crippen molar-refractivity contribution in [3.8, 4) is 11.8 Å². The molecule has 1 heterocycles. The number of nitrogens with one attached hydrogen (secondary N) is 1. The van der Waals surface area contributed by atoms with E-state index in [0.717, 1.165) is 28.9 Å². The van der Waals surface area contributed by atoms with Gasteiger partial charge < -0.3 is 28.0 Å². The number of nitrogens with zero attached hydrogens (tertiary/aromatic N) is 2. The quantitative estimate of drug-likeness (QED) is 0.147. The minimum Gasteiger partial charge on any atom is -0.384 e. The number of fused-ring (bicyclic) bond motifs is 1. The fourth-order valence-corrected chi connectivity index (χ4v) is 11.0. The molecule has 12 heteroatoms. The molecule has 0 atom stereocenters. The predicted molar refractivity (Wildman–Crippen MR) is 165 cm³/mol. The van der Waals surface area contributed by atoms with E-state index >= 15 is 0 Å². The Labute approximate surface area is 250 Å². The summed E-state index contributed by atoms with van der Waals surface area (Å²) >= 11 is 0. The maximum atomic E-state index is 13.8. The molecule has 0 saturated carbocycles. The molecule has 1 aliphatic rings. The highest BCUT2D eigenvalue weighted by molar-refractivity contribution is 7.72. The highest BCUT2D eigenvalue weighted by Gasteiger charge is 2.50. The maximum absolute atomic E-state index is 13.8. The minimum absolute atomic E-state index is 0.119. The SMILES string of the molecule is CCOP(=O)(OCC)C(CCCNc1cc(-n2cc(C)c3c2CC(C)(C)CC3=O)ccc1C#N)P(=O)(OCC)OCC. The molecule has 0 fully saturated rings. The van der Waals surface area contributed by atoms with Gasteiger partial charge in [-0.05, 0) is 83.1 Å². The highest BCUT2D eigenvalue weighted by Crippen LogP contribution is 2.71. The van der Waals surface area contributed by atoms with Crippen LogP contribution in [0, 0.1) is 23.7 Å². The standard InChI is InChI=1S/C30H45N3O7P2/c1-8-37-41(35,38-9-2)28(42(36,39-10-3)40-11-4)13-12-16-32-25-17-24(15-14-23(25)20-31)33-21-22(5)29-26(33)18-30(6,7)19-27(29)34/h14-15,17,21,28,32H,8-13,16,18-19H2,1-7H3. The molecule has 1 aromatic heterocycles. The predicted octanol–water partition coefficient (Wildman–Crippen LogP) is 7.86. The van der Waals surface area contributed by atoms with Gasteiger partial charge in [0.25, 0.3) is 0 Å². The lowest BCUT2D eigenvalue weighted by atomic mass is 9.75. The molecule has 0 amide bonds. The molecular weight excluding hydrogens is 576 g/mol. The number of hydrogen-bond donors (Lipinski definition) is 1. The van der Waals surface area contributed by atoms with Crippen molar-refractivity contribution >= 4 is 26.7 Å². The summed E-state index contributed by atoms with van der Waals surface area (Å²) in [5.74, 6) is 0.159. The van der Waals surface area contributed by atoms with Crippen LogP contribution in [0.5, 0.6) is 0 Å². The second kappa shape index (κ2) is 14.5. The van der Waals surface area contributed by atoms with E-state index in [1.165, 1.54) is 0 Å². The van der Waals surface area contributed by atoms with E-state index in [9.17, 15) is 19.2 Å². The van der Waals surface area contributed by atoms with Gasteiger partial charge in [-0.3, -0.25) is 13.9 Å². The zero-order valence-electron chi connectivity index (χ0n) is 25.9. The Bertz CT molecular complexity index is 1350. The normalized spacial score (nSPS) is 15.1. The van der Waals surface area contributed by atoms with E-state index in [2.05, 4.69) is 25.2 Å². The molecule has 0 spiro atoms. The number of ketones is 1. The molecular formula is C30H45N3O7P2. The van der Waals surface area contributed by atoms with Crippen LogP contribution in [0.15, 0.2) is 24.4 Å². The fourth-order valence-electron chi connectivity index (χ4n) is 5.57. The van der Waals surface area contributed by atoms with Crippen LogP contribution in [-0.2, 0) is 33.6 Å². The van der Waals surface area contributed by atoms with Crippen molar-refractivity contribution in [2.45, 2.75) is 79.5 Å². The van der Waals surface area contributed by atoms with Crippen molar-refractivity contribution in [1.29, 1.82) is 5.26 Å². The van der Waals surface area contributed by atoms with E-state index in [1.807, 2.05) is 29.8 Å². The van der Waals surface area contributed by atoms with Crippen LogP contribution in [0.3, 0.4) is 0 Å². The Kier molecular flexibility index (Phi) is 11.8. The van der Waals surface area contributed by atoms with Gasteiger partial charge >= 0.3 is 15.2 Å². The van der Waals surface area contributed by atoms with Crippen LogP contribution < -0.4 is 5.32 Å². The third kappa shape index (κ3) is 7.63. The lowest BCUT2D eigenvalue weighted by molar-refractivity contribution is 0.0910. The van der Waals surface area contributed by atoms with Crippen LogP contribution in [0.1, 0.15) is 88.0 Å². The Morgan fingerprint density at radius 3 is 2.10 bits per heavy atom. The van der Waals surface area contributed by atoms with Crippen molar-refractivity contribution in [1.82, 2.24) is 4.57 Å². The molecule has 0 saturated heterocycles. The van der Waals surface area contributed by atoms with Gasteiger partial charge in [-0.15, -0.1) is 0 Å². The first-order valence-electron chi connectivity index (χ1n) is 14.7. The van der Waals surface area contributed by atoms with Gasteiger partial charge in [0.1, 0.15) is 6.07 Å². The number of anilines is 1. The Morgan fingerprint density at radius 2 is 1.57 bits per heavy atom. The summed E-state index contributed by atoms with van der Waals surface area (Å²) in [5, 5.41) is 12.0. The third-order valence-electron chi connectivity index (χ3n) is 7.18. The van der Waals surface area contributed by atoms with Gasteiger partial charge in [-0.2, -0.15) is 5.26 Å². The molecule has 2 aromatic rings. The van der Waals surface area contributed by atoms with E-state index in [0.29, 0.717) is 30.6 Å². The molecule has 1 aromatic carbocycles. The summed E-state index contributed by atoms with van der Waals surface area (Å²) < 4.78 is 51.9. The van der Waals surface area contributed by atoms with Crippen molar-refractivity contribution in [3.63, 3.8) is 0 Å². The lowest BCUT2D eigenvalue weighted by Gasteiger charge is -2.31. The number of aryl methyl sites for hydroxylation is 1. The lowest BCUT2D eigenvalue weighted by Crippen LogP contribution is -2.28. The fraction of sp³-hybridized carbons (Fsp3) is 0.600. The topological polar surface area (TPSA) is 129 Å². The van der Waals surface area contributed by atoms with Crippen LogP contribution in [-0.4, -0.2) is 48.7 Å². The summed E-state index contributed by atoms with van der Waals surface area (Å²) in [5.41, 5.74) is 4.52. The Hall–Kier alpha value is -2.24. The largest absolute Gasteiger partial charge is 0.384 e. The molecule has 42 heavy (non-hydrogen) atoms. The molecule has 0 unspecified atom stereocenters. The van der Waals surface area contributed by atoms with Crippen LogP contribution in [0.4, 0.5) is 5.69 Å². The van der Waals surface area contributed by atoms with Gasteiger partial charge in [-0.1, -0.05) is 13.8 Å². The van der Waals surface area contributed by atoms with E-state index in [-0.39, 0.29) is 44.0 Å². The smallest absolute Gasteiger partial charge is 0.345 e. The first kappa shape index (κ1) is 34.3. The van der Waals surface area contributed by atoms with Crippen molar-refractivity contribution in [3.05, 3.63) is 46.8 Å². The highest BCUT2D eigenvalue weighted by atomic mass is 31.2. The van der Waals surface area contributed by atoms with Crippen molar-refractivity contribution < 1.29 is 32.0 Å². The van der Waals surface area contributed by atoms with E-state index in [1.54, 1.807) is 33.8 Å². The number of aromatic nitrogens is 1. The number of Topliss-reactive ketones (excluding diaryl/α,β-unsaturated/α-hetero) is 1. The second-order valence-electron chi connectivity index (χ2n) is 11.1. The summed E-state index contributed by atoms with van der Waals surface area (Å²) in [6, 6.07) is 7.77. The average Bonchev–Trinajstić information content (AvgIpc) is 3.23. The van der Waals surface area contributed by atoms with Crippen molar-refractivity contribution in [2.75, 3.05) is 38.3 Å². The van der Waals surface area contributed by atoms with Crippen LogP contribution in [0.25, 0.3) is 5.69 Å². The second-order valence-corrected chi connectivity index (χ2v) is 15.9. The van der Waals surface area contributed by atoms with E-state index < -0.39 is 20.6 Å². The third-order valence-corrected chi connectivity index (χ3v) is 13.3. The van der Waals surface area contributed by atoms with Gasteiger partial charge in [0.2, 0.25) is 0 Å². The maximum Gasteiger partial charge on any atom is 0.345 e. The summed E-state index contributed by atoms with van der Waals surface area (Å²) in [6.45, 7) is 13.8. The number of rotatable bonds is 16. The zero-order valence-corrected chi connectivity index (χ0v) is 27.7. The number of carbonyl (C=O) groups is 1. The minimum atomic E-state index is -3.83. The van der Waals surface area contributed by atoms with Gasteiger partial charge in [0.15, 0.2) is 11.2 Å².